The largest absolute Gasteiger partial charge is 0.289 e. The normalized spacial score (nSPS) is 15.3. The maximum atomic E-state index is 13.3. The third-order valence-corrected chi connectivity index (χ3v) is 5.61. The molecule has 0 unspecified atom stereocenters. The van der Waals surface area contributed by atoms with E-state index in [0.29, 0.717) is 28.7 Å². The monoisotopic (exact) mass is 400 g/mol. The molecule has 156 valence electrons. The number of aryl methyl sites for hydroxylation is 1. The Hall–Kier alpha value is -2.74. The number of rotatable bonds is 7. The molecule has 0 bridgehead atoms. The van der Waals surface area contributed by atoms with E-state index in [4.69, 9.17) is 0 Å². The molecule has 0 amide bonds. The lowest BCUT2D eigenvalue weighted by Crippen LogP contribution is -2.21. The van der Waals surface area contributed by atoms with Gasteiger partial charge in [-0.05, 0) is 89.5 Å². The average molecular weight is 401 g/mol. The molecule has 0 spiro atoms. The number of unbranched alkanes of at least 4 members (excludes halogenated alkanes) is 1. The van der Waals surface area contributed by atoms with Crippen LogP contribution in [0, 0.1) is 0 Å². The topological polar surface area (TPSA) is 34.1 Å². The van der Waals surface area contributed by atoms with Gasteiger partial charge in [-0.25, -0.2) is 0 Å². The molecule has 0 heterocycles. The van der Waals surface area contributed by atoms with Crippen LogP contribution in [0.2, 0.25) is 0 Å². The summed E-state index contributed by atoms with van der Waals surface area (Å²) < 4.78 is 0. The Morgan fingerprint density at radius 2 is 1.63 bits per heavy atom. The maximum absolute atomic E-state index is 13.3. The number of hydrogen-bond donors (Lipinski definition) is 0. The summed E-state index contributed by atoms with van der Waals surface area (Å²) in [6.45, 7) is 8.40. The molecule has 0 fully saturated rings. The van der Waals surface area contributed by atoms with Crippen LogP contribution in [0.25, 0.3) is 0 Å². The quantitative estimate of drug-likeness (QED) is 0.356. The van der Waals surface area contributed by atoms with Crippen LogP contribution in [-0.2, 0) is 6.42 Å². The summed E-state index contributed by atoms with van der Waals surface area (Å²) in [5.74, 6) is -0.00342. The molecular weight excluding hydrogens is 368 g/mol. The van der Waals surface area contributed by atoms with Crippen molar-refractivity contribution in [3.8, 4) is 0 Å². The van der Waals surface area contributed by atoms with Crippen molar-refractivity contribution < 1.29 is 9.59 Å². The van der Waals surface area contributed by atoms with Gasteiger partial charge in [0.25, 0.3) is 0 Å². The molecule has 1 aromatic rings. The van der Waals surface area contributed by atoms with Gasteiger partial charge in [-0.1, -0.05) is 47.6 Å². The molecule has 0 saturated heterocycles. The van der Waals surface area contributed by atoms with Gasteiger partial charge in [0.1, 0.15) is 0 Å². The maximum Gasteiger partial charge on any atom is 0.194 e. The van der Waals surface area contributed by atoms with Crippen molar-refractivity contribution >= 4 is 11.6 Å². The lowest BCUT2D eigenvalue weighted by molar-refractivity contribution is 0.0976. The number of fused-ring (bicyclic) bond motifs is 1. The Labute approximate surface area is 180 Å². The Balaban J connectivity index is 1.85. The van der Waals surface area contributed by atoms with Gasteiger partial charge in [-0.3, -0.25) is 9.59 Å². The minimum absolute atomic E-state index is 0.00198. The number of carbonyl (C=O) groups excluding carboxylic acids is 2. The van der Waals surface area contributed by atoms with Gasteiger partial charge in [0.15, 0.2) is 11.6 Å². The Morgan fingerprint density at radius 3 is 2.37 bits per heavy atom. The summed E-state index contributed by atoms with van der Waals surface area (Å²) >= 11 is 0. The zero-order valence-corrected chi connectivity index (χ0v) is 18.7. The fourth-order valence-corrected chi connectivity index (χ4v) is 4.00. The number of allylic oxidation sites excluding steroid dienone is 10. The van der Waals surface area contributed by atoms with Crippen LogP contribution in [-0.4, -0.2) is 11.6 Å². The predicted octanol–water partition coefficient (Wildman–Crippen LogP) is 7.28. The van der Waals surface area contributed by atoms with Crippen molar-refractivity contribution in [3.63, 3.8) is 0 Å². The summed E-state index contributed by atoms with van der Waals surface area (Å²) in [5, 5.41) is 0. The molecule has 0 aromatic heterocycles. The third-order valence-electron chi connectivity index (χ3n) is 5.61. The third kappa shape index (κ3) is 5.24. The summed E-state index contributed by atoms with van der Waals surface area (Å²) in [7, 11) is 0. The molecule has 2 aliphatic rings. The molecule has 2 heteroatoms. The number of Topliss-reactive ketones (excluding diaryl/α,β-unsaturated/α-hetero) is 2. The van der Waals surface area contributed by atoms with Crippen LogP contribution in [0.1, 0.15) is 86.1 Å². The van der Waals surface area contributed by atoms with E-state index in [9.17, 15) is 9.59 Å². The molecule has 0 N–H and O–H groups in total. The number of ketones is 2. The molecule has 0 atom stereocenters. The van der Waals surface area contributed by atoms with Gasteiger partial charge < -0.3 is 0 Å². The zero-order chi connectivity index (χ0) is 21.7. The fourth-order valence-electron chi connectivity index (χ4n) is 4.00. The van der Waals surface area contributed by atoms with Crippen molar-refractivity contribution in [3.05, 3.63) is 93.1 Å². The van der Waals surface area contributed by atoms with Crippen molar-refractivity contribution in [1.82, 2.24) is 0 Å². The fraction of sp³-hybridized carbons (Fsp3) is 0.357. The highest BCUT2D eigenvalue weighted by Crippen LogP contribution is 2.33. The molecule has 30 heavy (non-hydrogen) atoms. The van der Waals surface area contributed by atoms with Crippen LogP contribution in [0.5, 0.6) is 0 Å². The van der Waals surface area contributed by atoms with Gasteiger partial charge in [-0.2, -0.15) is 0 Å². The Kier molecular flexibility index (Phi) is 7.20. The summed E-state index contributed by atoms with van der Waals surface area (Å²) in [4.78, 5) is 26.5. The van der Waals surface area contributed by atoms with Crippen LogP contribution < -0.4 is 0 Å². The lowest BCUT2D eigenvalue weighted by Gasteiger charge is -2.19. The highest BCUT2D eigenvalue weighted by molar-refractivity contribution is 6.28. The van der Waals surface area contributed by atoms with E-state index >= 15 is 0 Å². The number of hydrogen-bond acceptors (Lipinski definition) is 2. The van der Waals surface area contributed by atoms with Crippen LogP contribution >= 0.6 is 0 Å². The molecule has 0 saturated carbocycles. The van der Waals surface area contributed by atoms with E-state index < -0.39 is 0 Å². The van der Waals surface area contributed by atoms with Crippen molar-refractivity contribution in [2.24, 2.45) is 0 Å². The van der Waals surface area contributed by atoms with Gasteiger partial charge in [0, 0.05) is 22.3 Å². The minimum atomic E-state index is -0.00540. The molecule has 0 radical (unpaired) electrons. The van der Waals surface area contributed by atoms with E-state index in [1.165, 1.54) is 11.1 Å². The minimum Gasteiger partial charge on any atom is -0.289 e. The second kappa shape index (κ2) is 9.84. The summed E-state index contributed by atoms with van der Waals surface area (Å²) in [6.07, 6.45) is 15.8. The number of benzene rings is 1. The van der Waals surface area contributed by atoms with E-state index in [-0.39, 0.29) is 11.6 Å². The van der Waals surface area contributed by atoms with Gasteiger partial charge in [0.2, 0.25) is 0 Å². The SMILES string of the molecule is CC(C)=CCCCC1=CC2=C(CC=C1)C(=O)c1ccc(CCC=C(C)C)cc1C2=O. The first kappa shape index (κ1) is 22.0. The molecular formula is C28H32O2. The van der Waals surface area contributed by atoms with Crippen molar-refractivity contribution in [2.45, 2.75) is 66.2 Å². The zero-order valence-electron chi connectivity index (χ0n) is 18.7. The Bertz CT molecular complexity index is 1000. The second-order valence-corrected chi connectivity index (χ2v) is 8.75. The van der Waals surface area contributed by atoms with Crippen molar-refractivity contribution in [2.75, 3.05) is 0 Å². The number of carbonyl (C=O) groups is 2. The first-order valence-corrected chi connectivity index (χ1v) is 11.0. The highest BCUT2D eigenvalue weighted by Gasteiger charge is 2.31. The van der Waals surface area contributed by atoms with Gasteiger partial charge >= 0.3 is 0 Å². The van der Waals surface area contributed by atoms with E-state index in [0.717, 1.165) is 43.2 Å². The van der Waals surface area contributed by atoms with E-state index in [1.54, 1.807) is 0 Å². The van der Waals surface area contributed by atoms with Crippen LogP contribution in [0.4, 0.5) is 0 Å². The van der Waals surface area contributed by atoms with Gasteiger partial charge in [-0.15, -0.1) is 0 Å². The van der Waals surface area contributed by atoms with Crippen LogP contribution in [0.15, 0.2) is 76.4 Å². The summed E-state index contributed by atoms with van der Waals surface area (Å²) in [6, 6.07) is 5.76. The first-order chi connectivity index (χ1) is 14.4. The average Bonchev–Trinajstić information content (AvgIpc) is 2.92. The smallest absolute Gasteiger partial charge is 0.194 e. The van der Waals surface area contributed by atoms with E-state index in [1.807, 2.05) is 30.4 Å². The molecule has 3 rings (SSSR count). The predicted molar refractivity (Wildman–Crippen MR) is 125 cm³/mol. The Morgan fingerprint density at radius 1 is 0.900 bits per heavy atom. The standard InChI is InChI=1S/C28H32O2/c1-19(2)9-5-6-11-21-13-8-14-23-25(17-21)28(30)26-18-22(12-7-10-20(3)4)15-16-24(26)27(23)29/h8-10,13,15-18H,5-7,11-12,14H2,1-4H3. The second-order valence-electron chi connectivity index (χ2n) is 8.75. The molecule has 0 aliphatic heterocycles. The van der Waals surface area contributed by atoms with Crippen LogP contribution in [0.3, 0.4) is 0 Å². The van der Waals surface area contributed by atoms with Gasteiger partial charge in [0.05, 0.1) is 0 Å². The summed E-state index contributed by atoms with van der Waals surface area (Å²) in [5.41, 5.74) is 7.21. The molecule has 2 nitrogen and oxygen atoms in total. The molecule has 2 aliphatic carbocycles. The lowest BCUT2D eigenvalue weighted by atomic mass is 9.81. The molecule has 1 aromatic carbocycles. The van der Waals surface area contributed by atoms with E-state index in [2.05, 4.69) is 45.9 Å². The van der Waals surface area contributed by atoms with Crippen molar-refractivity contribution in [1.29, 1.82) is 0 Å². The first-order valence-electron chi connectivity index (χ1n) is 11.0. The highest BCUT2D eigenvalue weighted by atomic mass is 16.1.